The molecule has 2 aromatic rings. The normalized spacial score (nSPS) is 18.8. The summed E-state index contributed by atoms with van der Waals surface area (Å²) in [4.78, 5) is 26.7. The average Bonchev–Trinajstić information content (AvgIpc) is 3.20. The van der Waals surface area contributed by atoms with Crippen LogP contribution in [0.1, 0.15) is 53.7 Å². The van der Waals surface area contributed by atoms with Crippen LogP contribution in [0, 0.1) is 5.92 Å². The van der Waals surface area contributed by atoms with Crippen LogP contribution < -0.4 is 5.32 Å². The van der Waals surface area contributed by atoms with Gasteiger partial charge in [-0.05, 0) is 44.5 Å². The Morgan fingerprint density at radius 2 is 1.47 bits per heavy atom. The molecule has 2 amide bonds. The minimum Gasteiger partial charge on any atom is -0.444 e. The summed E-state index contributed by atoms with van der Waals surface area (Å²) in [6, 6.07) is 9.87. The van der Waals surface area contributed by atoms with Crippen molar-refractivity contribution in [2.75, 3.05) is 19.6 Å². The molecule has 0 aliphatic carbocycles. The molecule has 0 saturated carbocycles. The van der Waals surface area contributed by atoms with Crippen LogP contribution in [0.15, 0.2) is 48.5 Å². The van der Waals surface area contributed by atoms with Crippen LogP contribution in [0.3, 0.4) is 0 Å². The molecule has 2 aromatic carbocycles. The summed E-state index contributed by atoms with van der Waals surface area (Å²) < 4.78 is 84.4. The highest BCUT2D eigenvalue weighted by molar-refractivity contribution is 5.94. The zero-order valence-corrected chi connectivity index (χ0v) is 19.8. The number of nitrogens with zero attached hydrogens (tertiary/aromatic N) is 1. The third-order valence-electron chi connectivity index (χ3n) is 5.70. The largest absolute Gasteiger partial charge is 0.444 e. The molecular formula is C25H26F6N2O3. The van der Waals surface area contributed by atoms with Gasteiger partial charge in [0.2, 0.25) is 0 Å². The summed E-state index contributed by atoms with van der Waals surface area (Å²) >= 11 is 0. The minimum absolute atomic E-state index is 0.0299. The van der Waals surface area contributed by atoms with Gasteiger partial charge in [-0.2, -0.15) is 26.3 Å². The average molecular weight is 516 g/mol. The minimum atomic E-state index is -5.06. The van der Waals surface area contributed by atoms with E-state index in [0.29, 0.717) is 12.1 Å². The van der Waals surface area contributed by atoms with Crippen LogP contribution in [0.2, 0.25) is 0 Å². The second kappa shape index (κ2) is 10.0. The van der Waals surface area contributed by atoms with E-state index in [1.54, 1.807) is 20.8 Å². The molecule has 11 heteroatoms. The highest BCUT2D eigenvalue weighted by atomic mass is 19.4. The number of rotatable bonds is 4. The van der Waals surface area contributed by atoms with Gasteiger partial charge in [0.1, 0.15) is 5.60 Å². The number of ether oxygens (including phenoxy) is 1. The smallest absolute Gasteiger partial charge is 0.416 e. The lowest BCUT2D eigenvalue weighted by atomic mass is 9.89. The summed E-state index contributed by atoms with van der Waals surface area (Å²) in [5, 5.41) is 2.45. The van der Waals surface area contributed by atoms with Crippen LogP contribution >= 0.6 is 0 Å². The third-order valence-corrected chi connectivity index (χ3v) is 5.70. The van der Waals surface area contributed by atoms with Gasteiger partial charge in [-0.3, -0.25) is 4.79 Å². The molecule has 1 heterocycles. The number of halogens is 6. The molecule has 0 spiro atoms. The quantitative estimate of drug-likeness (QED) is 0.500. The van der Waals surface area contributed by atoms with Crippen molar-refractivity contribution in [1.29, 1.82) is 0 Å². The maximum Gasteiger partial charge on any atom is 0.416 e. The molecule has 1 aliphatic rings. The summed E-state index contributed by atoms with van der Waals surface area (Å²) in [5.41, 5.74) is -3.74. The first-order valence-electron chi connectivity index (χ1n) is 11.1. The Bertz CT molecular complexity index is 1060. The molecule has 36 heavy (non-hydrogen) atoms. The van der Waals surface area contributed by atoms with Gasteiger partial charge in [0.15, 0.2) is 0 Å². The number of carbonyl (C=O) groups is 2. The van der Waals surface area contributed by atoms with E-state index in [1.807, 2.05) is 30.3 Å². The predicted octanol–water partition coefficient (Wildman–Crippen LogP) is 6.10. The lowest BCUT2D eigenvalue weighted by Crippen LogP contribution is -2.36. The number of benzene rings is 2. The Morgan fingerprint density at radius 3 is 1.97 bits per heavy atom. The standard InChI is InChI=1S/C25H26F6N2O3/c1-23(2,3)36-22(35)33-13-17(20(14-33)15-7-5-4-6-8-15)12-32-21(34)16-9-18(24(26,27)28)11-19(10-16)25(29,30)31/h4-11,17,20H,12-14H2,1-3H3,(H,32,34). The lowest BCUT2D eigenvalue weighted by molar-refractivity contribution is -0.143. The highest BCUT2D eigenvalue weighted by Crippen LogP contribution is 2.37. The number of hydrogen-bond donors (Lipinski definition) is 1. The Labute approximate surface area is 204 Å². The molecule has 3 rings (SSSR count). The van der Waals surface area contributed by atoms with E-state index in [0.717, 1.165) is 5.56 Å². The van der Waals surface area contributed by atoms with Gasteiger partial charge >= 0.3 is 18.4 Å². The third kappa shape index (κ3) is 6.92. The molecule has 2 unspecified atom stereocenters. The van der Waals surface area contributed by atoms with Gasteiger partial charge in [0.05, 0.1) is 11.1 Å². The molecular weight excluding hydrogens is 490 g/mol. The fourth-order valence-electron chi connectivity index (χ4n) is 4.04. The SMILES string of the molecule is CC(C)(C)OC(=O)N1CC(CNC(=O)c2cc(C(F)(F)F)cc(C(F)(F)F)c2)C(c2ccccc2)C1. The monoisotopic (exact) mass is 516 g/mol. The number of hydrogen-bond acceptors (Lipinski definition) is 3. The van der Waals surface area contributed by atoms with Crippen molar-refractivity contribution in [3.63, 3.8) is 0 Å². The molecule has 2 atom stereocenters. The summed E-state index contributed by atoms with van der Waals surface area (Å²) in [7, 11) is 0. The van der Waals surface area contributed by atoms with Crippen molar-refractivity contribution in [2.45, 2.75) is 44.6 Å². The van der Waals surface area contributed by atoms with Crippen molar-refractivity contribution in [3.8, 4) is 0 Å². The van der Waals surface area contributed by atoms with Crippen LogP contribution in [-0.2, 0) is 17.1 Å². The second-order valence-corrected chi connectivity index (χ2v) is 9.67. The van der Waals surface area contributed by atoms with E-state index in [2.05, 4.69) is 5.32 Å². The van der Waals surface area contributed by atoms with Gasteiger partial charge in [-0.15, -0.1) is 0 Å². The van der Waals surface area contributed by atoms with Gasteiger partial charge in [-0.25, -0.2) is 4.79 Å². The molecule has 0 radical (unpaired) electrons. The van der Waals surface area contributed by atoms with Crippen molar-refractivity contribution < 1.29 is 40.7 Å². The van der Waals surface area contributed by atoms with Gasteiger partial charge in [-0.1, -0.05) is 30.3 Å². The molecule has 1 aliphatic heterocycles. The van der Waals surface area contributed by atoms with E-state index in [-0.39, 0.29) is 37.5 Å². The number of carbonyl (C=O) groups excluding carboxylic acids is 2. The number of likely N-dealkylation sites (tertiary alicyclic amines) is 1. The second-order valence-electron chi connectivity index (χ2n) is 9.67. The Balaban J connectivity index is 1.81. The van der Waals surface area contributed by atoms with Crippen molar-refractivity contribution in [1.82, 2.24) is 10.2 Å². The first-order chi connectivity index (χ1) is 16.5. The van der Waals surface area contributed by atoms with Crippen LogP contribution in [0.5, 0.6) is 0 Å². The Kier molecular flexibility index (Phi) is 7.61. The van der Waals surface area contributed by atoms with E-state index in [9.17, 15) is 35.9 Å². The zero-order valence-electron chi connectivity index (χ0n) is 19.8. The number of nitrogens with one attached hydrogen (secondary N) is 1. The Hall–Kier alpha value is -3.24. The molecule has 1 fully saturated rings. The first kappa shape index (κ1) is 27.3. The molecule has 0 aromatic heterocycles. The van der Waals surface area contributed by atoms with Crippen LogP contribution in [0.4, 0.5) is 31.1 Å². The fraction of sp³-hybridized carbons (Fsp3) is 0.440. The van der Waals surface area contributed by atoms with Crippen molar-refractivity contribution >= 4 is 12.0 Å². The maximum absolute atomic E-state index is 13.2. The molecule has 0 bridgehead atoms. The lowest BCUT2D eigenvalue weighted by Gasteiger charge is -2.24. The molecule has 5 nitrogen and oxygen atoms in total. The van der Waals surface area contributed by atoms with Crippen molar-refractivity contribution in [3.05, 3.63) is 70.8 Å². The zero-order chi connectivity index (χ0) is 26.9. The van der Waals surface area contributed by atoms with Crippen LogP contribution in [0.25, 0.3) is 0 Å². The predicted molar refractivity (Wildman–Crippen MR) is 119 cm³/mol. The summed E-state index contributed by atoms with van der Waals surface area (Å²) in [6.07, 6.45) is -10.7. The molecule has 1 saturated heterocycles. The number of amides is 2. The first-order valence-corrected chi connectivity index (χ1v) is 11.1. The summed E-state index contributed by atoms with van der Waals surface area (Å²) in [6.45, 7) is 5.55. The fourth-order valence-corrected chi connectivity index (χ4v) is 4.04. The molecule has 196 valence electrons. The van der Waals surface area contributed by atoms with Gasteiger partial charge in [0.25, 0.3) is 5.91 Å². The van der Waals surface area contributed by atoms with Gasteiger partial charge in [0, 0.05) is 37.0 Å². The number of alkyl halides is 6. The van der Waals surface area contributed by atoms with E-state index < -0.39 is 46.6 Å². The Morgan fingerprint density at radius 1 is 0.917 bits per heavy atom. The van der Waals surface area contributed by atoms with E-state index in [1.165, 1.54) is 4.90 Å². The van der Waals surface area contributed by atoms with E-state index >= 15 is 0 Å². The van der Waals surface area contributed by atoms with Crippen LogP contribution in [-0.4, -0.2) is 42.1 Å². The summed E-state index contributed by atoms with van der Waals surface area (Å²) in [5.74, 6) is -1.66. The maximum atomic E-state index is 13.2. The van der Waals surface area contributed by atoms with Gasteiger partial charge < -0.3 is 15.0 Å². The van der Waals surface area contributed by atoms with E-state index in [4.69, 9.17) is 4.74 Å². The highest BCUT2D eigenvalue weighted by Gasteiger charge is 2.39. The van der Waals surface area contributed by atoms with Crippen molar-refractivity contribution in [2.24, 2.45) is 5.92 Å². The topological polar surface area (TPSA) is 58.6 Å². The molecule has 1 N–H and O–H groups in total.